The molecule has 2 aromatic carbocycles. The molecule has 0 aromatic heterocycles. The summed E-state index contributed by atoms with van der Waals surface area (Å²) in [6.45, 7) is 5.87. The number of likely N-dealkylation sites (tertiary alicyclic amines) is 1. The largest absolute Gasteiger partial charge is 0.352 e. The molecule has 164 valence electrons. The van der Waals surface area contributed by atoms with Crippen LogP contribution in [0.1, 0.15) is 43.1 Å². The predicted molar refractivity (Wildman–Crippen MR) is 125 cm³/mol. The molecular weight excluding hydrogens is 424 g/mol. The minimum atomic E-state index is -0.748. The van der Waals surface area contributed by atoms with Crippen molar-refractivity contribution < 1.29 is 14.4 Å². The van der Waals surface area contributed by atoms with E-state index in [4.69, 9.17) is 11.6 Å². The number of carbonyl (C=O) groups is 3. The molecule has 3 heterocycles. The number of hydrogen-bond donors (Lipinski definition) is 0. The first-order chi connectivity index (χ1) is 15.3. The van der Waals surface area contributed by atoms with Gasteiger partial charge in [-0.3, -0.25) is 19.3 Å². The van der Waals surface area contributed by atoms with Crippen molar-refractivity contribution in [3.8, 4) is 0 Å². The Bertz CT molecular complexity index is 1160. The van der Waals surface area contributed by atoms with Crippen molar-refractivity contribution in [3.05, 3.63) is 70.8 Å². The van der Waals surface area contributed by atoms with E-state index in [1.54, 1.807) is 24.3 Å². The third kappa shape index (κ3) is 2.87. The Kier molecular flexibility index (Phi) is 4.97. The monoisotopic (exact) mass is 448 g/mol. The molecule has 5 nitrogen and oxygen atoms in total. The molecule has 6 heteroatoms. The van der Waals surface area contributed by atoms with Crippen molar-refractivity contribution >= 4 is 40.5 Å². The number of rotatable bonds is 4. The van der Waals surface area contributed by atoms with Gasteiger partial charge in [-0.25, -0.2) is 0 Å². The van der Waals surface area contributed by atoms with Crippen molar-refractivity contribution in [2.24, 2.45) is 11.8 Å². The molecule has 2 amide bonds. The molecule has 2 fully saturated rings. The second-order valence-electron chi connectivity index (χ2n) is 8.94. The lowest BCUT2D eigenvalue weighted by atomic mass is 9.85. The number of fused-ring (bicyclic) bond motifs is 5. The van der Waals surface area contributed by atoms with Crippen LogP contribution in [-0.2, 0) is 9.59 Å². The molecule has 0 bridgehead atoms. The Morgan fingerprint density at radius 2 is 1.69 bits per heavy atom. The first-order valence-electron chi connectivity index (χ1n) is 11.1. The second kappa shape index (κ2) is 7.59. The number of halogens is 1. The highest BCUT2D eigenvalue weighted by molar-refractivity contribution is 6.30. The zero-order valence-electron chi connectivity index (χ0n) is 18.3. The Balaban J connectivity index is 1.68. The number of nitrogens with zero attached hydrogens (tertiary/aromatic N) is 2. The fourth-order valence-corrected chi connectivity index (χ4v) is 5.65. The van der Waals surface area contributed by atoms with Crippen molar-refractivity contribution in [2.45, 2.75) is 45.3 Å². The van der Waals surface area contributed by atoms with Crippen LogP contribution in [0.2, 0.25) is 5.02 Å². The predicted octanol–water partition coefficient (Wildman–Crippen LogP) is 4.60. The van der Waals surface area contributed by atoms with E-state index in [0.717, 1.165) is 16.8 Å². The normalized spacial score (nSPS) is 27.1. The first-order valence-corrected chi connectivity index (χ1v) is 11.5. The summed E-state index contributed by atoms with van der Waals surface area (Å²) in [4.78, 5) is 44.4. The minimum absolute atomic E-state index is 0.158. The Morgan fingerprint density at radius 1 is 1.03 bits per heavy atom. The van der Waals surface area contributed by atoms with Crippen LogP contribution in [0, 0.1) is 11.8 Å². The molecule has 3 aliphatic rings. The van der Waals surface area contributed by atoms with Crippen LogP contribution in [0.4, 0.5) is 5.69 Å². The third-order valence-corrected chi connectivity index (χ3v) is 7.47. The maximum Gasteiger partial charge on any atom is 0.236 e. The van der Waals surface area contributed by atoms with Gasteiger partial charge in [0.05, 0.1) is 17.9 Å². The van der Waals surface area contributed by atoms with Gasteiger partial charge in [0.1, 0.15) is 6.04 Å². The van der Waals surface area contributed by atoms with Gasteiger partial charge in [0.2, 0.25) is 11.8 Å². The number of amides is 2. The van der Waals surface area contributed by atoms with Gasteiger partial charge < -0.3 is 4.90 Å². The first kappa shape index (κ1) is 21.0. The summed E-state index contributed by atoms with van der Waals surface area (Å²) in [6, 6.07) is 13.4. The summed E-state index contributed by atoms with van der Waals surface area (Å²) in [5.41, 5.74) is 3.47. The zero-order valence-corrected chi connectivity index (χ0v) is 19.0. The van der Waals surface area contributed by atoms with Crippen LogP contribution in [0.25, 0.3) is 5.57 Å². The maximum absolute atomic E-state index is 13.9. The SMILES string of the molecule is CC[C@H](C)N1C(=O)[C@@H]2[C@H](C1=O)[C@@H](C(=O)c1ccc(Cl)cc1)N1c3ccccc3C(C)=C[C@@H]21. The van der Waals surface area contributed by atoms with E-state index in [0.29, 0.717) is 17.0 Å². The van der Waals surface area contributed by atoms with Crippen LogP contribution < -0.4 is 4.90 Å². The van der Waals surface area contributed by atoms with E-state index >= 15 is 0 Å². The fraction of sp³-hybridized carbons (Fsp3) is 0.346. The molecule has 0 aliphatic carbocycles. The van der Waals surface area contributed by atoms with E-state index in [1.807, 2.05) is 49.9 Å². The van der Waals surface area contributed by atoms with Crippen LogP contribution >= 0.6 is 11.6 Å². The third-order valence-electron chi connectivity index (χ3n) is 7.22. The van der Waals surface area contributed by atoms with E-state index in [-0.39, 0.29) is 29.7 Å². The maximum atomic E-state index is 13.9. The number of Topliss-reactive ketones (excluding diaryl/α,β-unsaturated/α-hetero) is 1. The summed E-state index contributed by atoms with van der Waals surface area (Å²) in [5.74, 6) is -1.84. The van der Waals surface area contributed by atoms with E-state index in [9.17, 15) is 14.4 Å². The van der Waals surface area contributed by atoms with Gasteiger partial charge in [0.25, 0.3) is 0 Å². The van der Waals surface area contributed by atoms with Crippen LogP contribution in [0.3, 0.4) is 0 Å². The number of benzene rings is 2. The summed E-state index contributed by atoms with van der Waals surface area (Å²) in [5, 5.41) is 0.542. The fourth-order valence-electron chi connectivity index (χ4n) is 5.52. The molecule has 32 heavy (non-hydrogen) atoms. The average molecular weight is 449 g/mol. The lowest BCUT2D eigenvalue weighted by Gasteiger charge is -2.38. The molecule has 0 unspecified atom stereocenters. The van der Waals surface area contributed by atoms with Crippen molar-refractivity contribution in [3.63, 3.8) is 0 Å². The van der Waals surface area contributed by atoms with Crippen molar-refractivity contribution in [1.82, 2.24) is 4.90 Å². The Labute approximate surface area is 192 Å². The van der Waals surface area contributed by atoms with Crippen LogP contribution in [-0.4, -0.2) is 40.6 Å². The van der Waals surface area contributed by atoms with Crippen LogP contribution in [0.5, 0.6) is 0 Å². The standard InChI is InChI=1S/C26H25ClN2O3/c1-4-15(3)28-25(31)21-20-13-14(2)18-7-5-6-8-19(18)29(20)23(22(21)26(28)32)24(30)16-9-11-17(27)12-10-16/h5-13,15,20-23H,4H2,1-3H3/t15-,20-,21-,22-,23-/m0/s1. The lowest BCUT2D eigenvalue weighted by Crippen LogP contribution is -2.50. The molecule has 3 aliphatic heterocycles. The number of hydrogen-bond acceptors (Lipinski definition) is 4. The van der Waals surface area contributed by atoms with Crippen molar-refractivity contribution in [1.29, 1.82) is 0 Å². The molecule has 0 saturated carbocycles. The molecule has 2 saturated heterocycles. The molecule has 5 rings (SSSR count). The molecular formula is C26H25ClN2O3. The molecule has 0 spiro atoms. The second-order valence-corrected chi connectivity index (χ2v) is 9.37. The number of imide groups is 1. The van der Waals surface area contributed by atoms with Crippen molar-refractivity contribution in [2.75, 3.05) is 4.90 Å². The number of carbonyl (C=O) groups excluding carboxylic acids is 3. The highest BCUT2D eigenvalue weighted by Crippen LogP contribution is 2.50. The quantitative estimate of drug-likeness (QED) is 0.506. The Hall–Kier alpha value is -2.92. The van der Waals surface area contributed by atoms with E-state index in [2.05, 4.69) is 6.08 Å². The summed E-state index contributed by atoms with van der Waals surface area (Å²) >= 11 is 6.04. The van der Waals surface area contributed by atoms with Gasteiger partial charge in [-0.15, -0.1) is 0 Å². The van der Waals surface area contributed by atoms with Gasteiger partial charge >= 0.3 is 0 Å². The number of allylic oxidation sites excluding steroid dienone is 1. The number of anilines is 1. The number of ketones is 1. The minimum Gasteiger partial charge on any atom is -0.352 e. The molecule has 0 N–H and O–H groups in total. The van der Waals surface area contributed by atoms with Gasteiger partial charge in [-0.1, -0.05) is 42.8 Å². The average Bonchev–Trinajstić information content (AvgIpc) is 3.26. The summed E-state index contributed by atoms with van der Waals surface area (Å²) in [6.07, 6.45) is 2.74. The molecule has 5 atom stereocenters. The lowest BCUT2D eigenvalue weighted by molar-refractivity contribution is -0.142. The highest BCUT2D eigenvalue weighted by atomic mass is 35.5. The summed E-state index contributed by atoms with van der Waals surface area (Å²) < 4.78 is 0. The Morgan fingerprint density at radius 3 is 2.38 bits per heavy atom. The zero-order chi connectivity index (χ0) is 22.7. The van der Waals surface area contributed by atoms with E-state index in [1.165, 1.54) is 4.90 Å². The van der Waals surface area contributed by atoms with Gasteiger partial charge in [-0.2, -0.15) is 0 Å². The van der Waals surface area contributed by atoms with Crippen LogP contribution in [0.15, 0.2) is 54.6 Å². The topological polar surface area (TPSA) is 57.7 Å². The number of para-hydroxylation sites is 1. The molecule has 2 aromatic rings. The molecule has 0 radical (unpaired) electrons. The van der Waals surface area contributed by atoms with Gasteiger partial charge in [0.15, 0.2) is 5.78 Å². The van der Waals surface area contributed by atoms with E-state index < -0.39 is 17.9 Å². The highest BCUT2D eigenvalue weighted by Gasteiger charge is 2.64. The van der Waals surface area contributed by atoms with Gasteiger partial charge in [-0.05, 0) is 56.2 Å². The smallest absolute Gasteiger partial charge is 0.236 e. The van der Waals surface area contributed by atoms with Gasteiger partial charge in [0, 0.05) is 27.9 Å². The summed E-state index contributed by atoms with van der Waals surface area (Å²) in [7, 11) is 0.